The molecular formula is C20H28F3N5. The van der Waals surface area contributed by atoms with E-state index in [1.807, 2.05) is 6.20 Å². The molecular weight excluding hydrogens is 367 g/mol. The highest BCUT2D eigenvalue weighted by Gasteiger charge is 2.39. The number of halogens is 3. The van der Waals surface area contributed by atoms with Crippen molar-refractivity contribution in [2.24, 2.45) is 11.7 Å². The van der Waals surface area contributed by atoms with E-state index in [-0.39, 0.29) is 42.7 Å². The minimum atomic E-state index is -1.30. The highest BCUT2D eigenvalue weighted by atomic mass is 19.1. The van der Waals surface area contributed by atoms with Crippen LogP contribution in [0.4, 0.5) is 13.2 Å². The molecule has 3 N–H and O–H groups in total. The fraction of sp³-hybridized carbons (Fsp3) is 0.650. The highest BCUT2D eigenvalue weighted by molar-refractivity contribution is 5.24. The van der Waals surface area contributed by atoms with Gasteiger partial charge in [0, 0.05) is 61.9 Å². The molecule has 4 rings (SSSR count). The van der Waals surface area contributed by atoms with E-state index in [0.717, 1.165) is 17.8 Å². The molecule has 28 heavy (non-hydrogen) atoms. The van der Waals surface area contributed by atoms with Crippen molar-refractivity contribution >= 4 is 0 Å². The number of hydrogen-bond acceptors (Lipinski definition) is 4. The number of aromatic nitrogens is 2. The number of alkyl halides is 1. The third kappa shape index (κ3) is 4.04. The molecule has 0 radical (unpaired) electrons. The van der Waals surface area contributed by atoms with Crippen molar-refractivity contribution < 1.29 is 13.2 Å². The maximum atomic E-state index is 14.2. The second kappa shape index (κ2) is 7.31. The quantitative estimate of drug-likeness (QED) is 0.823. The molecule has 3 aliphatic rings. The molecule has 1 aromatic heterocycles. The maximum Gasteiger partial charge on any atom is 0.124 e. The number of piperidine rings is 1. The monoisotopic (exact) mass is 395 g/mol. The van der Waals surface area contributed by atoms with Crippen molar-refractivity contribution in [3.05, 3.63) is 41.3 Å². The van der Waals surface area contributed by atoms with Crippen LogP contribution in [0.5, 0.6) is 0 Å². The van der Waals surface area contributed by atoms with Gasteiger partial charge in [-0.1, -0.05) is 0 Å². The van der Waals surface area contributed by atoms with E-state index in [4.69, 9.17) is 5.73 Å². The first-order chi connectivity index (χ1) is 13.2. The van der Waals surface area contributed by atoms with Gasteiger partial charge in [-0.2, -0.15) is 5.10 Å². The van der Waals surface area contributed by atoms with E-state index < -0.39 is 11.6 Å². The van der Waals surface area contributed by atoms with Crippen molar-refractivity contribution in [2.75, 3.05) is 6.54 Å². The van der Waals surface area contributed by atoms with Crippen LogP contribution < -0.4 is 11.1 Å². The van der Waals surface area contributed by atoms with Crippen LogP contribution in [0.3, 0.4) is 0 Å². The summed E-state index contributed by atoms with van der Waals surface area (Å²) in [5.41, 5.74) is 7.16. The fourth-order valence-electron chi connectivity index (χ4n) is 4.61. The van der Waals surface area contributed by atoms with E-state index in [1.165, 1.54) is 12.2 Å². The highest BCUT2D eigenvalue weighted by Crippen LogP contribution is 2.34. The van der Waals surface area contributed by atoms with Gasteiger partial charge in [-0.05, 0) is 32.4 Å². The van der Waals surface area contributed by atoms with E-state index in [2.05, 4.69) is 15.3 Å². The Hall–Kier alpha value is -1.64. The van der Waals surface area contributed by atoms with E-state index in [9.17, 15) is 13.2 Å². The van der Waals surface area contributed by atoms with Gasteiger partial charge >= 0.3 is 0 Å². The molecule has 2 aliphatic heterocycles. The SMILES string of the molecule is CC(C)(F)Cn1cc2c(n1)CN(C1CN[C@H](C3CC(F)=CC=C3F)C(N)C1)C2. The number of allylic oxidation sites excluding steroid dienone is 3. The topological polar surface area (TPSA) is 59.1 Å². The summed E-state index contributed by atoms with van der Waals surface area (Å²) in [6.07, 6.45) is 5.10. The predicted octanol–water partition coefficient (Wildman–Crippen LogP) is 2.73. The molecule has 1 aliphatic carbocycles. The summed E-state index contributed by atoms with van der Waals surface area (Å²) >= 11 is 0. The second-order valence-electron chi connectivity index (χ2n) is 8.89. The van der Waals surface area contributed by atoms with Gasteiger partial charge in [-0.3, -0.25) is 9.58 Å². The lowest BCUT2D eigenvalue weighted by molar-refractivity contribution is 0.120. The van der Waals surface area contributed by atoms with Gasteiger partial charge in [0.25, 0.3) is 0 Å². The molecule has 1 fully saturated rings. The van der Waals surface area contributed by atoms with Crippen LogP contribution in [0.15, 0.2) is 30.0 Å². The van der Waals surface area contributed by atoms with Crippen LogP contribution in [0.2, 0.25) is 0 Å². The number of rotatable bonds is 4. The standard InChI is InChI=1S/C20H28F3N5/c1-20(2,23)11-28-9-12-8-27(10-18(12)26-28)14-6-17(24)19(25-7-14)15-5-13(21)3-4-16(15)22/h3-4,9,14-15,17,19,25H,5-8,10-11,24H2,1-2H3/t14?,15?,17?,19-/m1/s1. The molecule has 0 spiro atoms. The van der Waals surface area contributed by atoms with Crippen molar-refractivity contribution in [2.45, 2.75) is 70.1 Å². The van der Waals surface area contributed by atoms with Crippen LogP contribution in [-0.2, 0) is 19.6 Å². The van der Waals surface area contributed by atoms with Crippen LogP contribution >= 0.6 is 0 Å². The van der Waals surface area contributed by atoms with Gasteiger partial charge in [-0.25, -0.2) is 13.2 Å². The lowest BCUT2D eigenvalue weighted by Gasteiger charge is -2.42. The van der Waals surface area contributed by atoms with Gasteiger partial charge in [-0.15, -0.1) is 0 Å². The van der Waals surface area contributed by atoms with Gasteiger partial charge in [0.15, 0.2) is 0 Å². The summed E-state index contributed by atoms with van der Waals surface area (Å²) in [5.74, 6) is -1.15. The Morgan fingerprint density at radius 3 is 2.75 bits per heavy atom. The van der Waals surface area contributed by atoms with Crippen LogP contribution in [0.1, 0.15) is 37.9 Å². The summed E-state index contributed by atoms with van der Waals surface area (Å²) in [4.78, 5) is 2.30. The summed E-state index contributed by atoms with van der Waals surface area (Å²) in [7, 11) is 0. The molecule has 0 amide bonds. The number of nitrogens with two attached hydrogens (primary N) is 1. The van der Waals surface area contributed by atoms with Crippen molar-refractivity contribution in [1.29, 1.82) is 0 Å². The summed E-state index contributed by atoms with van der Waals surface area (Å²) in [6, 6.07) is -0.315. The molecule has 4 atom stereocenters. The van der Waals surface area contributed by atoms with Gasteiger partial charge in [0.1, 0.15) is 17.3 Å². The van der Waals surface area contributed by atoms with Crippen molar-refractivity contribution in [1.82, 2.24) is 20.0 Å². The molecule has 5 nitrogen and oxygen atoms in total. The second-order valence-corrected chi connectivity index (χ2v) is 8.89. The zero-order chi connectivity index (χ0) is 20.1. The first kappa shape index (κ1) is 19.7. The minimum Gasteiger partial charge on any atom is -0.326 e. The average molecular weight is 395 g/mol. The number of fused-ring (bicyclic) bond motifs is 1. The maximum absolute atomic E-state index is 14.2. The van der Waals surface area contributed by atoms with Gasteiger partial charge in [0.05, 0.1) is 12.2 Å². The molecule has 8 heteroatoms. The lowest BCUT2D eigenvalue weighted by Crippen LogP contribution is -2.60. The zero-order valence-electron chi connectivity index (χ0n) is 16.3. The normalized spacial score (nSPS) is 31.5. The van der Waals surface area contributed by atoms with Crippen LogP contribution in [0, 0.1) is 5.92 Å². The minimum absolute atomic E-state index is 0.0620. The Kier molecular flexibility index (Phi) is 5.14. The van der Waals surface area contributed by atoms with Crippen molar-refractivity contribution in [3.8, 4) is 0 Å². The zero-order valence-corrected chi connectivity index (χ0v) is 16.3. The Labute approximate surface area is 163 Å². The first-order valence-corrected chi connectivity index (χ1v) is 9.88. The molecule has 1 saturated heterocycles. The van der Waals surface area contributed by atoms with Crippen molar-refractivity contribution in [3.63, 3.8) is 0 Å². The third-order valence-electron chi connectivity index (χ3n) is 5.93. The van der Waals surface area contributed by atoms with Crippen LogP contribution in [0.25, 0.3) is 0 Å². The molecule has 0 bridgehead atoms. The predicted molar refractivity (Wildman–Crippen MR) is 101 cm³/mol. The molecule has 3 heterocycles. The molecule has 0 aromatic carbocycles. The number of hydrogen-bond donors (Lipinski definition) is 2. The molecule has 1 aromatic rings. The lowest BCUT2D eigenvalue weighted by atomic mass is 9.82. The summed E-state index contributed by atoms with van der Waals surface area (Å²) < 4.78 is 43.3. The van der Waals surface area contributed by atoms with Gasteiger partial charge in [0.2, 0.25) is 0 Å². The number of nitrogens with zero attached hydrogens (tertiary/aromatic N) is 3. The van der Waals surface area contributed by atoms with Crippen LogP contribution in [-0.4, -0.2) is 45.0 Å². The Bertz CT molecular complexity index is 771. The van der Waals surface area contributed by atoms with E-state index >= 15 is 0 Å². The van der Waals surface area contributed by atoms with E-state index in [1.54, 1.807) is 18.5 Å². The first-order valence-electron chi connectivity index (χ1n) is 9.88. The Balaban J connectivity index is 1.35. The Morgan fingerprint density at radius 1 is 1.29 bits per heavy atom. The summed E-state index contributed by atoms with van der Waals surface area (Å²) in [6.45, 7) is 5.46. The third-order valence-corrected chi connectivity index (χ3v) is 5.93. The molecule has 3 unspecified atom stereocenters. The smallest absolute Gasteiger partial charge is 0.124 e. The largest absolute Gasteiger partial charge is 0.326 e. The summed E-state index contributed by atoms with van der Waals surface area (Å²) in [5, 5.41) is 7.89. The Morgan fingerprint density at radius 2 is 2.07 bits per heavy atom. The molecule has 0 saturated carbocycles. The number of nitrogens with one attached hydrogen (secondary N) is 1. The average Bonchev–Trinajstić information content (AvgIpc) is 3.14. The van der Waals surface area contributed by atoms with Gasteiger partial charge < -0.3 is 11.1 Å². The fourth-order valence-corrected chi connectivity index (χ4v) is 4.61. The van der Waals surface area contributed by atoms with E-state index in [0.29, 0.717) is 19.5 Å². The molecule has 154 valence electrons.